The zero-order valence-corrected chi connectivity index (χ0v) is 10.7. The van der Waals surface area contributed by atoms with Crippen molar-refractivity contribution < 1.29 is 14.3 Å². The fourth-order valence-electron chi connectivity index (χ4n) is 1.87. The highest BCUT2D eigenvalue weighted by molar-refractivity contribution is 5.75. The van der Waals surface area contributed by atoms with Crippen LogP contribution in [0.15, 0.2) is 18.2 Å². The summed E-state index contributed by atoms with van der Waals surface area (Å²) in [5, 5.41) is 3.25. The number of hydrogen-bond acceptors (Lipinski definition) is 4. The van der Waals surface area contributed by atoms with Crippen molar-refractivity contribution in [2.45, 2.75) is 19.8 Å². The summed E-state index contributed by atoms with van der Waals surface area (Å²) in [6.45, 7) is 4.47. The molecule has 0 radical (unpaired) electrons. The molecule has 1 N–H and O–H groups in total. The van der Waals surface area contributed by atoms with Crippen LogP contribution in [0.3, 0.4) is 0 Å². The molecule has 4 nitrogen and oxygen atoms in total. The van der Waals surface area contributed by atoms with E-state index in [-0.39, 0.29) is 5.78 Å². The van der Waals surface area contributed by atoms with Gasteiger partial charge in [0.1, 0.15) is 19.0 Å². The molecule has 0 unspecified atom stereocenters. The molecule has 1 heterocycles. The fourth-order valence-corrected chi connectivity index (χ4v) is 1.87. The van der Waals surface area contributed by atoms with Crippen molar-refractivity contribution >= 4 is 5.78 Å². The Hall–Kier alpha value is -1.55. The van der Waals surface area contributed by atoms with Crippen LogP contribution in [0, 0.1) is 0 Å². The van der Waals surface area contributed by atoms with Crippen LogP contribution < -0.4 is 14.8 Å². The van der Waals surface area contributed by atoms with Gasteiger partial charge < -0.3 is 14.8 Å². The molecule has 0 saturated heterocycles. The van der Waals surface area contributed by atoms with E-state index in [0.29, 0.717) is 19.6 Å². The Morgan fingerprint density at radius 3 is 2.78 bits per heavy atom. The van der Waals surface area contributed by atoms with E-state index in [1.807, 2.05) is 12.1 Å². The average molecular weight is 249 g/mol. The van der Waals surface area contributed by atoms with E-state index in [2.05, 4.69) is 11.4 Å². The van der Waals surface area contributed by atoms with Gasteiger partial charge in [-0.1, -0.05) is 6.07 Å². The second-order valence-corrected chi connectivity index (χ2v) is 4.43. The molecule has 1 aliphatic heterocycles. The van der Waals surface area contributed by atoms with Gasteiger partial charge in [0.15, 0.2) is 11.5 Å². The van der Waals surface area contributed by atoms with Crippen LogP contribution in [0.1, 0.15) is 18.9 Å². The summed E-state index contributed by atoms with van der Waals surface area (Å²) in [4.78, 5) is 10.8. The number of Topliss-reactive ketones (excluding diaryl/α,β-unsaturated/α-hetero) is 1. The van der Waals surface area contributed by atoms with Gasteiger partial charge >= 0.3 is 0 Å². The van der Waals surface area contributed by atoms with Crippen molar-refractivity contribution in [1.82, 2.24) is 5.32 Å². The molecule has 0 fully saturated rings. The Morgan fingerprint density at radius 2 is 2.00 bits per heavy atom. The van der Waals surface area contributed by atoms with E-state index in [0.717, 1.165) is 31.0 Å². The molecule has 1 aromatic carbocycles. The largest absolute Gasteiger partial charge is 0.486 e. The van der Waals surface area contributed by atoms with Crippen LogP contribution in [-0.4, -0.2) is 32.1 Å². The van der Waals surface area contributed by atoms with Crippen LogP contribution in [-0.2, 0) is 11.2 Å². The van der Waals surface area contributed by atoms with Gasteiger partial charge in [-0.2, -0.15) is 0 Å². The lowest BCUT2D eigenvalue weighted by molar-refractivity contribution is -0.116. The number of benzene rings is 1. The second kappa shape index (κ2) is 6.40. The number of fused-ring (bicyclic) bond motifs is 1. The molecule has 1 aliphatic rings. The van der Waals surface area contributed by atoms with Crippen molar-refractivity contribution in [3.63, 3.8) is 0 Å². The molecule has 0 saturated carbocycles. The molecule has 0 aliphatic carbocycles. The minimum absolute atomic E-state index is 0.224. The first-order valence-electron chi connectivity index (χ1n) is 6.34. The molecule has 0 amide bonds. The minimum Gasteiger partial charge on any atom is -0.486 e. The molecule has 4 heteroatoms. The Morgan fingerprint density at radius 1 is 1.22 bits per heavy atom. The highest BCUT2D eigenvalue weighted by Gasteiger charge is 2.11. The topological polar surface area (TPSA) is 47.6 Å². The monoisotopic (exact) mass is 249 g/mol. The SMILES string of the molecule is CC(=O)CCNCCc1ccc2c(c1)OCCO2. The summed E-state index contributed by atoms with van der Waals surface area (Å²) in [6, 6.07) is 6.04. The Kier molecular flexibility index (Phi) is 4.59. The molecule has 2 rings (SSSR count). The first kappa shape index (κ1) is 12.9. The number of carbonyl (C=O) groups excluding carboxylic acids is 1. The molecule has 0 aromatic heterocycles. The van der Waals surface area contributed by atoms with Crippen molar-refractivity contribution in [3.05, 3.63) is 23.8 Å². The fraction of sp³-hybridized carbons (Fsp3) is 0.500. The summed E-state index contributed by atoms with van der Waals surface area (Å²) in [5.74, 6) is 1.89. The predicted molar refractivity (Wildman–Crippen MR) is 69.3 cm³/mol. The molecule has 0 atom stereocenters. The average Bonchev–Trinajstić information content (AvgIpc) is 2.38. The lowest BCUT2D eigenvalue weighted by atomic mass is 10.1. The van der Waals surface area contributed by atoms with Gasteiger partial charge in [0.2, 0.25) is 0 Å². The first-order chi connectivity index (χ1) is 8.75. The zero-order valence-electron chi connectivity index (χ0n) is 10.7. The Bertz CT molecular complexity index is 418. The Labute approximate surface area is 107 Å². The van der Waals surface area contributed by atoms with Crippen LogP contribution in [0.5, 0.6) is 11.5 Å². The molecule has 0 spiro atoms. The van der Waals surface area contributed by atoms with Crippen LogP contribution in [0.4, 0.5) is 0 Å². The quantitative estimate of drug-likeness (QED) is 0.777. The second-order valence-electron chi connectivity index (χ2n) is 4.43. The molecule has 1 aromatic rings. The molecule has 98 valence electrons. The smallest absolute Gasteiger partial charge is 0.161 e. The molecular formula is C14H19NO3. The normalized spacial score (nSPS) is 13.4. The van der Waals surface area contributed by atoms with Crippen LogP contribution in [0.25, 0.3) is 0 Å². The van der Waals surface area contributed by atoms with Crippen molar-refractivity contribution in [1.29, 1.82) is 0 Å². The standard InChI is InChI=1S/C14H19NO3/c1-11(16)4-6-15-7-5-12-2-3-13-14(10-12)18-9-8-17-13/h2-3,10,15H,4-9H2,1H3. The van der Waals surface area contributed by atoms with Gasteiger partial charge in [-0.3, -0.25) is 4.79 Å². The van der Waals surface area contributed by atoms with E-state index >= 15 is 0 Å². The number of rotatable bonds is 6. The van der Waals surface area contributed by atoms with E-state index in [1.165, 1.54) is 5.56 Å². The van der Waals surface area contributed by atoms with Gasteiger partial charge in [-0.15, -0.1) is 0 Å². The molecule has 18 heavy (non-hydrogen) atoms. The predicted octanol–water partition coefficient (Wildman–Crippen LogP) is 1.57. The van der Waals surface area contributed by atoms with Gasteiger partial charge in [0.05, 0.1) is 0 Å². The number of carbonyl (C=O) groups is 1. The summed E-state index contributed by atoms with van der Waals surface area (Å²) in [5.41, 5.74) is 1.22. The van der Waals surface area contributed by atoms with E-state index in [4.69, 9.17) is 9.47 Å². The maximum atomic E-state index is 10.8. The van der Waals surface area contributed by atoms with Crippen molar-refractivity contribution in [3.8, 4) is 11.5 Å². The van der Waals surface area contributed by atoms with E-state index in [9.17, 15) is 4.79 Å². The Balaban J connectivity index is 1.77. The molecular weight excluding hydrogens is 230 g/mol. The highest BCUT2D eigenvalue weighted by Crippen LogP contribution is 2.30. The number of ether oxygens (including phenoxy) is 2. The number of ketones is 1. The third-order valence-corrected chi connectivity index (χ3v) is 2.85. The first-order valence-corrected chi connectivity index (χ1v) is 6.34. The number of nitrogens with one attached hydrogen (secondary N) is 1. The van der Waals surface area contributed by atoms with Gasteiger partial charge in [0, 0.05) is 13.0 Å². The summed E-state index contributed by atoms with van der Waals surface area (Å²) in [6.07, 6.45) is 1.52. The third-order valence-electron chi connectivity index (χ3n) is 2.85. The summed E-state index contributed by atoms with van der Waals surface area (Å²) >= 11 is 0. The van der Waals surface area contributed by atoms with E-state index in [1.54, 1.807) is 6.92 Å². The minimum atomic E-state index is 0.224. The third kappa shape index (κ3) is 3.74. The lowest BCUT2D eigenvalue weighted by Gasteiger charge is -2.18. The van der Waals surface area contributed by atoms with Crippen molar-refractivity contribution in [2.24, 2.45) is 0 Å². The van der Waals surface area contributed by atoms with Gasteiger partial charge in [-0.05, 0) is 37.6 Å². The highest BCUT2D eigenvalue weighted by atomic mass is 16.6. The van der Waals surface area contributed by atoms with Crippen LogP contribution in [0.2, 0.25) is 0 Å². The van der Waals surface area contributed by atoms with Gasteiger partial charge in [-0.25, -0.2) is 0 Å². The lowest BCUT2D eigenvalue weighted by Crippen LogP contribution is -2.20. The van der Waals surface area contributed by atoms with Gasteiger partial charge in [0.25, 0.3) is 0 Å². The zero-order chi connectivity index (χ0) is 12.8. The number of hydrogen-bond donors (Lipinski definition) is 1. The van der Waals surface area contributed by atoms with E-state index < -0.39 is 0 Å². The van der Waals surface area contributed by atoms with Crippen LogP contribution >= 0.6 is 0 Å². The van der Waals surface area contributed by atoms with Crippen molar-refractivity contribution in [2.75, 3.05) is 26.3 Å². The molecule has 0 bridgehead atoms. The summed E-state index contributed by atoms with van der Waals surface area (Å²) in [7, 11) is 0. The maximum Gasteiger partial charge on any atom is 0.161 e. The summed E-state index contributed by atoms with van der Waals surface area (Å²) < 4.78 is 11.0. The maximum absolute atomic E-state index is 10.8.